The number of anilines is 1. The molecule has 32 heavy (non-hydrogen) atoms. The van der Waals surface area contributed by atoms with Gasteiger partial charge in [0.2, 0.25) is 11.7 Å². The van der Waals surface area contributed by atoms with E-state index in [0.29, 0.717) is 34.8 Å². The van der Waals surface area contributed by atoms with Gasteiger partial charge in [-0.15, -0.1) is 11.3 Å². The fraction of sp³-hybridized carbons (Fsp3) is 0.217. The lowest BCUT2D eigenvalue weighted by atomic mass is 10.2. The second-order valence-corrected chi connectivity index (χ2v) is 7.74. The fourth-order valence-corrected chi connectivity index (χ4v) is 3.61. The summed E-state index contributed by atoms with van der Waals surface area (Å²) >= 11 is 1.36. The average molecular weight is 451 g/mol. The third-order valence-electron chi connectivity index (χ3n) is 4.41. The van der Waals surface area contributed by atoms with E-state index in [-0.39, 0.29) is 12.5 Å². The normalized spacial score (nSPS) is 10.7. The number of thiazole rings is 1. The molecule has 0 unspecified atom stereocenters. The van der Waals surface area contributed by atoms with Gasteiger partial charge in [-0.2, -0.15) is 4.98 Å². The molecule has 4 rings (SSSR count). The molecule has 0 fully saturated rings. The number of nitrogens with one attached hydrogen (secondary N) is 1. The van der Waals surface area contributed by atoms with E-state index in [4.69, 9.17) is 14.0 Å². The van der Waals surface area contributed by atoms with Gasteiger partial charge in [0, 0.05) is 17.9 Å². The molecule has 9 heteroatoms. The van der Waals surface area contributed by atoms with E-state index in [1.165, 1.54) is 11.3 Å². The van der Waals surface area contributed by atoms with Gasteiger partial charge in [-0.05, 0) is 42.8 Å². The molecule has 1 amide bonds. The molecule has 0 radical (unpaired) electrons. The predicted molar refractivity (Wildman–Crippen MR) is 121 cm³/mol. The molecule has 0 atom stereocenters. The molecular weight excluding hydrogens is 428 g/mol. The second-order valence-electron chi connectivity index (χ2n) is 6.88. The fourth-order valence-electron chi connectivity index (χ4n) is 2.89. The Bertz CT molecular complexity index is 1190. The van der Waals surface area contributed by atoms with Crippen molar-refractivity contribution in [2.45, 2.75) is 26.9 Å². The van der Waals surface area contributed by atoms with Crippen LogP contribution in [0.25, 0.3) is 11.3 Å². The molecule has 164 valence electrons. The van der Waals surface area contributed by atoms with Crippen molar-refractivity contribution in [2.75, 3.05) is 11.9 Å². The number of rotatable bonds is 9. The van der Waals surface area contributed by atoms with Crippen molar-refractivity contribution >= 4 is 22.4 Å². The maximum Gasteiger partial charge on any atom is 0.261 e. The molecule has 0 saturated heterocycles. The topological polar surface area (TPSA) is 99.4 Å². The van der Waals surface area contributed by atoms with Crippen LogP contribution in [-0.4, -0.2) is 27.6 Å². The van der Waals surface area contributed by atoms with Crippen LogP contribution in [0.3, 0.4) is 0 Å². The lowest BCUT2D eigenvalue weighted by Gasteiger charge is -2.09. The van der Waals surface area contributed by atoms with Gasteiger partial charge in [0.15, 0.2) is 11.7 Å². The Morgan fingerprint density at radius 2 is 1.91 bits per heavy atom. The minimum absolute atomic E-state index is 0.0982. The maximum atomic E-state index is 12.9. The number of benzene rings is 2. The van der Waals surface area contributed by atoms with Crippen molar-refractivity contribution in [3.05, 3.63) is 71.2 Å². The number of aryl methyl sites for hydroxylation is 1. The van der Waals surface area contributed by atoms with E-state index in [1.54, 1.807) is 31.2 Å². The van der Waals surface area contributed by atoms with E-state index in [1.807, 2.05) is 29.6 Å². The van der Waals surface area contributed by atoms with E-state index in [2.05, 4.69) is 27.4 Å². The molecule has 2 heterocycles. The standard InChI is InChI=1S/C23H22N4O4S/c1-3-12-29-17-10-8-16(9-11-17)19-14-32-23(25-19)26-22(28)18-6-4-5-7-20(18)30-13-21-24-15(2)31-27-21/h4-11,14H,3,12-13H2,1-2H3,(H,25,26,28). The molecule has 0 spiro atoms. The molecule has 0 aliphatic rings. The summed E-state index contributed by atoms with van der Waals surface area (Å²) in [5, 5.41) is 9.04. The van der Waals surface area contributed by atoms with Crippen molar-refractivity contribution in [1.29, 1.82) is 0 Å². The number of nitrogens with zero attached hydrogens (tertiary/aromatic N) is 3. The number of amides is 1. The molecule has 1 N–H and O–H groups in total. The Balaban J connectivity index is 1.42. The molecule has 2 aromatic carbocycles. The van der Waals surface area contributed by atoms with Crippen molar-refractivity contribution in [1.82, 2.24) is 15.1 Å². The van der Waals surface area contributed by atoms with Crippen LogP contribution >= 0.6 is 11.3 Å². The van der Waals surface area contributed by atoms with Crippen LogP contribution < -0.4 is 14.8 Å². The minimum Gasteiger partial charge on any atom is -0.494 e. The first-order valence-electron chi connectivity index (χ1n) is 10.1. The number of carbonyl (C=O) groups excluding carboxylic acids is 1. The highest BCUT2D eigenvalue weighted by atomic mass is 32.1. The zero-order valence-corrected chi connectivity index (χ0v) is 18.5. The van der Waals surface area contributed by atoms with Crippen LogP contribution in [0.1, 0.15) is 35.4 Å². The minimum atomic E-state index is -0.311. The van der Waals surface area contributed by atoms with Gasteiger partial charge >= 0.3 is 0 Å². The first-order valence-corrected chi connectivity index (χ1v) is 11.0. The van der Waals surface area contributed by atoms with Gasteiger partial charge < -0.3 is 14.0 Å². The summed E-state index contributed by atoms with van der Waals surface area (Å²) in [6.07, 6.45) is 0.960. The first-order chi connectivity index (χ1) is 15.6. The molecule has 0 aliphatic carbocycles. The first kappa shape index (κ1) is 21.5. The monoisotopic (exact) mass is 450 g/mol. The third kappa shape index (κ3) is 5.30. The average Bonchev–Trinajstić information content (AvgIpc) is 3.45. The van der Waals surface area contributed by atoms with Crippen LogP contribution in [0.5, 0.6) is 11.5 Å². The molecular formula is C23H22N4O4S. The van der Waals surface area contributed by atoms with Crippen molar-refractivity contribution in [3.8, 4) is 22.8 Å². The number of aromatic nitrogens is 3. The zero-order valence-electron chi connectivity index (χ0n) is 17.7. The molecule has 4 aromatic rings. The van der Waals surface area contributed by atoms with Crippen LogP contribution in [0, 0.1) is 6.92 Å². The summed E-state index contributed by atoms with van der Waals surface area (Å²) in [7, 11) is 0. The van der Waals surface area contributed by atoms with Crippen molar-refractivity contribution in [3.63, 3.8) is 0 Å². The Labute approximate surface area is 189 Å². The van der Waals surface area contributed by atoms with Crippen LogP contribution in [-0.2, 0) is 6.61 Å². The smallest absolute Gasteiger partial charge is 0.261 e. The number of carbonyl (C=O) groups is 1. The van der Waals surface area contributed by atoms with Gasteiger partial charge in [-0.3, -0.25) is 10.1 Å². The second kappa shape index (κ2) is 10.1. The molecule has 0 aliphatic heterocycles. The highest BCUT2D eigenvalue weighted by Crippen LogP contribution is 2.28. The molecule has 0 bridgehead atoms. The van der Waals surface area contributed by atoms with Crippen LogP contribution in [0.4, 0.5) is 5.13 Å². The zero-order chi connectivity index (χ0) is 22.3. The molecule has 8 nitrogen and oxygen atoms in total. The van der Waals surface area contributed by atoms with E-state index >= 15 is 0 Å². The van der Waals surface area contributed by atoms with Gasteiger partial charge in [-0.25, -0.2) is 4.98 Å². The number of hydrogen-bond donors (Lipinski definition) is 1. The summed E-state index contributed by atoms with van der Waals surface area (Å²) in [6.45, 7) is 4.56. The maximum absolute atomic E-state index is 12.9. The lowest BCUT2D eigenvalue weighted by molar-refractivity contribution is 0.102. The van der Waals surface area contributed by atoms with Gasteiger partial charge in [0.1, 0.15) is 11.5 Å². The SMILES string of the molecule is CCCOc1ccc(-c2csc(NC(=O)c3ccccc3OCc3noc(C)n3)n2)cc1. The number of hydrogen-bond acceptors (Lipinski definition) is 8. The Kier molecular flexibility index (Phi) is 6.76. The summed E-state index contributed by atoms with van der Waals surface area (Å²) in [5.41, 5.74) is 2.12. The van der Waals surface area contributed by atoms with Gasteiger partial charge in [0.25, 0.3) is 5.91 Å². The van der Waals surface area contributed by atoms with Crippen molar-refractivity contribution < 1.29 is 18.8 Å². The summed E-state index contributed by atoms with van der Waals surface area (Å²) in [4.78, 5) is 21.5. The number of ether oxygens (including phenoxy) is 2. The van der Waals surface area contributed by atoms with Crippen molar-refractivity contribution in [2.24, 2.45) is 0 Å². The Morgan fingerprint density at radius 3 is 2.66 bits per heavy atom. The molecule has 0 saturated carbocycles. The van der Waals surface area contributed by atoms with E-state index < -0.39 is 0 Å². The third-order valence-corrected chi connectivity index (χ3v) is 5.16. The quantitative estimate of drug-likeness (QED) is 0.378. The van der Waals surface area contributed by atoms with Gasteiger partial charge in [-0.1, -0.05) is 24.2 Å². The predicted octanol–water partition coefficient (Wildman–Crippen LogP) is 5.12. The van der Waals surface area contributed by atoms with E-state index in [9.17, 15) is 4.79 Å². The van der Waals surface area contributed by atoms with Crippen LogP contribution in [0.2, 0.25) is 0 Å². The summed E-state index contributed by atoms with van der Waals surface area (Å²) in [5.74, 6) is 1.80. The number of para-hydroxylation sites is 1. The summed E-state index contributed by atoms with van der Waals surface area (Å²) < 4.78 is 16.3. The molecule has 2 aromatic heterocycles. The highest BCUT2D eigenvalue weighted by Gasteiger charge is 2.15. The van der Waals surface area contributed by atoms with Crippen LogP contribution in [0.15, 0.2) is 58.4 Å². The summed E-state index contributed by atoms with van der Waals surface area (Å²) in [6, 6.07) is 14.7. The highest BCUT2D eigenvalue weighted by molar-refractivity contribution is 7.14. The van der Waals surface area contributed by atoms with Gasteiger partial charge in [0.05, 0.1) is 17.9 Å². The lowest BCUT2D eigenvalue weighted by Crippen LogP contribution is -2.13. The van der Waals surface area contributed by atoms with E-state index in [0.717, 1.165) is 23.4 Å². The Morgan fingerprint density at radius 1 is 1.09 bits per heavy atom. The largest absolute Gasteiger partial charge is 0.494 e. The Hall–Kier alpha value is -3.72.